The van der Waals surface area contributed by atoms with Gasteiger partial charge in [0.25, 0.3) is 5.91 Å². The van der Waals surface area contributed by atoms with E-state index in [0.717, 1.165) is 10.6 Å². The maximum Gasteiger partial charge on any atom is 0.254 e. The van der Waals surface area contributed by atoms with E-state index in [9.17, 15) is 9.59 Å². The van der Waals surface area contributed by atoms with Crippen LogP contribution in [0, 0.1) is 13.8 Å². The molecule has 2 rings (SSSR count). The highest BCUT2D eigenvalue weighted by molar-refractivity contribution is 7.15. The minimum Gasteiger partial charge on any atom is -0.328 e. The Bertz CT molecular complexity index is 710. The van der Waals surface area contributed by atoms with E-state index in [1.54, 1.807) is 24.5 Å². The van der Waals surface area contributed by atoms with E-state index in [1.807, 2.05) is 32.8 Å². The fourth-order valence-electron chi connectivity index (χ4n) is 2.11. The molecule has 25 heavy (non-hydrogen) atoms. The average molecular weight is 361 g/mol. The molecule has 0 radical (unpaired) electrons. The number of carbonyl (C=O) groups excluding carboxylic acids is 2. The largest absolute Gasteiger partial charge is 0.328 e. The van der Waals surface area contributed by atoms with Gasteiger partial charge in [0.15, 0.2) is 5.13 Å². The molecule has 0 aromatic carbocycles. The summed E-state index contributed by atoms with van der Waals surface area (Å²) in [7, 11) is 3.85. The molecular weight excluding hydrogens is 338 g/mol. The molecule has 0 aliphatic rings. The van der Waals surface area contributed by atoms with Crippen LogP contribution in [-0.2, 0) is 4.79 Å². The lowest BCUT2D eigenvalue weighted by Crippen LogP contribution is -2.41. The quantitative estimate of drug-likeness (QED) is 0.813. The van der Waals surface area contributed by atoms with Gasteiger partial charge in [-0.05, 0) is 40.1 Å². The molecule has 2 aromatic rings. The molecule has 1 N–H and O–H groups in total. The van der Waals surface area contributed by atoms with Gasteiger partial charge in [-0.25, -0.2) is 4.98 Å². The summed E-state index contributed by atoms with van der Waals surface area (Å²) in [4.78, 5) is 37.8. The number of aryl methyl sites for hydroxylation is 2. The standard InChI is InChI=1S/C17H23N5O2S/c1-12-13(2)25-17(19-12)20-15(23)11-22(10-9-21(3)4)16(24)14-5-7-18-8-6-14/h5-8H,9-11H2,1-4H3,(H,19,20,23). The van der Waals surface area contributed by atoms with Gasteiger partial charge in [-0.15, -0.1) is 11.3 Å². The van der Waals surface area contributed by atoms with Gasteiger partial charge in [0.1, 0.15) is 6.54 Å². The smallest absolute Gasteiger partial charge is 0.254 e. The molecule has 0 aliphatic heterocycles. The van der Waals surface area contributed by atoms with E-state index >= 15 is 0 Å². The monoisotopic (exact) mass is 361 g/mol. The zero-order valence-corrected chi connectivity index (χ0v) is 15.8. The van der Waals surface area contributed by atoms with Crippen molar-refractivity contribution in [3.63, 3.8) is 0 Å². The first kappa shape index (κ1) is 19.0. The van der Waals surface area contributed by atoms with Crippen molar-refractivity contribution in [1.29, 1.82) is 0 Å². The van der Waals surface area contributed by atoms with Gasteiger partial charge in [0.05, 0.1) is 5.69 Å². The zero-order valence-electron chi connectivity index (χ0n) is 14.9. The number of amides is 2. The molecule has 0 atom stereocenters. The third-order valence-electron chi connectivity index (χ3n) is 3.64. The highest BCUT2D eigenvalue weighted by atomic mass is 32.1. The van der Waals surface area contributed by atoms with Crippen LogP contribution < -0.4 is 5.32 Å². The molecule has 0 fully saturated rings. The third-order valence-corrected chi connectivity index (χ3v) is 4.63. The van der Waals surface area contributed by atoms with Gasteiger partial charge in [0.2, 0.25) is 5.91 Å². The van der Waals surface area contributed by atoms with E-state index in [-0.39, 0.29) is 18.4 Å². The molecule has 0 bridgehead atoms. The lowest BCUT2D eigenvalue weighted by atomic mass is 10.2. The molecule has 0 aliphatic carbocycles. The minimum absolute atomic E-state index is 0.0212. The fourth-order valence-corrected chi connectivity index (χ4v) is 2.94. The van der Waals surface area contributed by atoms with Gasteiger partial charge in [-0.3, -0.25) is 14.6 Å². The number of anilines is 1. The van der Waals surface area contributed by atoms with Gasteiger partial charge >= 0.3 is 0 Å². The number of carbonyl (C=O) groups is 2. The van der Waals surface area contributed by atoms with E-state index in [1.165, 1.54) is 16.2 Å². The summed E-state index contributed by atoms with van der Waals surface area (Å²) in [6.07, 6.45) is 3.14. The van der Waals surface area contributed by atoms with Gasteiger partial charge < -0.3 is 15.1 Å². The van der Waals surface area contributed by atoms with E-state index < -0.39 is 0 Å². The lowest BCUT2D eigenvalue weighted by Gasteiger charge is -2.23. The van der Waals surface area contributed by atoms with Crippen LogP contribution in [0.15, 0.2) is 24.5 Å². The predicted octanol–water partition coefficient (Wildman–Crippen LogP) is 1.80. The van der Waals surface area contributed by atoms with Crippen LogP contribution in [0.3, 0.4) is 0 Å². The summed E-state index contributed by atoms with van der Waals surface area (Å²) in [5.41, 5.74) is 1.42. The Hall–Kier alpha value is -2.32. The third kappa shape index (κ3) is 5.61. The predicted molar refractivity (Wildman–Crippen MR) is 98.9 cm³/mol. The molecule has 7 nitrogen and oxygen atoms in total. The highest BCUT2D eigenvalue weighted by Crippen LogP contribution is 2.21. The zero-order chi connectivity index (χ0) is 18.4. The SMILES string of the molecule is Cc1nc(NC(=O)CN(CCN(C)C)C(=O)c2ccncc2)sc1C. The first-order chi connectivity index (χ1) is 11.9. The summed E-state index contributed by atoms with van der Waals surface area (Å²) >= 11 is 1.43. The van der Waals surface area contributed by atoms with Crippen molar-refractivity contribution in [3.8, 4) is 0 Å². The lowest BCUT2D eigenvalue weighted by molar-refractivity contribution is -0.116. The number of aromatic nitrogens is 2. The molecule has 0 unspecified atom stereocenters. The molecule has 2 aromatic heterocycles. The Balaban J connectivity index is 2.06. The van der Waals surface area contributed by atoms with Crippen LogP contribution in [0.2, 0.25) is 0 Å². The topological polar surface area (TPSA) is 78.4 Å². The Labute approximate surface area is 151 Å². The number of rotatable bonds is 7. The number of nitrogens with zero attached hydrogens (tertiary/aromatic N) is 4. The van der Waals surface area contributed by atoms with Crippen LogP contribution in [-0.4, -0.2) is 65.3 Å². The second-order valence-corrected chi connectivity index (χ2v) is 7.18. The van der Waals surface area contributed by atoms with Crippen molar-refractivity contribution in [2.24, 2.45) is 0 Å². The number of hydrogen-bond acceptors (Lipinski definition) is 6. The molecule has 2 amide bonds. The Morgan fingerprint density at radius 3 is 2.40 bits per heavy atom. The van der Waals surface area contributed by atoms with Crippen LogP contribution in [0.1, 0.15) is 20.9 Å². The summed E-state index contributed by atoms with van der Waals surface area (Å²) < 4.78 is 0. The Morgan fingerprint density at radius 2 is 1.84 bits per heavy atom. The van der Waals surface area contributed by atoms with Crippen molar-refractivity contribution in [3.05, 3.63) is 40.7 Å². The number of likely N-dealkylation sites (N-methyl/N-ethyl adjacent to an activating group) is 1. The molecule has 134 valence electrons. The Morgan fingerprint density at radius 1 is 1.16 bits per heavy atom. The number of pyridine rings is 1. The van der Waals surface area contributed by atoms with Crippen LogP contribution >= 0.6 is 11.3 Å². The maximum atomic E-state index is 12.7. The van der Waals surface area contributed by atoms with Crippen LogP contribution in [0.5, 0.6) is 0 Å². The first-order valence-electron chi connectivity index (χ1n) is 7.94. The van der Waals surface area contributed by atoms with E-state index in [4.69, 9.17) is 0 Å². The maximum absolute atomic E-state index is 12.7. The van der Waals surface area contributed by atoms with Crippen molar-refractivity contribution in [2.45, 2.75) is 13.8 Å². The summed E-state index contributed by atoms with van der Waals surface area (Å²) in [6, 6.07) is 3.30. The van der Waals surface area contributed by atoms with E-state index in [0.29, 0.717) is 23.8 Å². The minimum atomic E-state index is -0.255. The second-order valence-electron chi connectivity index (χ2n) is 5.97. The second kappa shape index (κ2) is 8.68. The molecule has 2 heterocycles. The number of thiazole rings is 1. The number of nitrogens with one attached hydrogen (secondary N) is 1. The van der Waals surface area contributed by atoms with Crippen LogP contribution in [0.25, 0.3) is 0 Å². The molecular formula is C17H23N5O2S. The van der Waals surface area contributed by atoms with Gasteiger partial charge in [-0.2, -0.15) is 0 Å². The fraction of sp³-hybridized carbons (Fsp3) is 0.412. The highest BCUT2D eigenvalue weighted by Gasteiger charge is 2.19. The van der Waals surface area contributed by atoms with Crippen molar-refractivity contribution in [1.82, 2.24) is 19.8 Å². The Kier molecular flexibility index (Phi) is 6.60. The molecule has 0 saturated heterocycles. The van der Waals surface area contributed by atoms with Gasteiger partial charge in [0, 0.05) is 35.9 Å². The molecule has 0 spiro atoms. The van der Waals surface area contributed by atoms with Crippen LogP contribution in [0.4, 0.5) is 5.13 Å². The summed E-state index contributed by atoms with van der Waals surface area (Å²) in [5.74, 6) is -0.444. The summed E-state index contributed by atoms with van der Waals surface area (Å²) in [5, 5.41) is 3.34. The molecule has 0 saturated carbocycles. The van der Waals surface area contributed by atoms with Gasteiger partial charge in [-0.1, -0.05) is 0 Å². The van der Waals surface area contributed by atoms with Crippen molar-refractivity contribution >= 4 is 28.3 Å². The summed E-state index contributed by atoms with van der Waals surface area (Å²) in [6.45, 7) is 4.96. The first-order valence-corrected chi connectivity index (χ1v) is 8.76. The normalized spacial score (nSPS) is 10.8. The average Bonchev–Trinajstić information content (AvgIpc) is 2.89. The number of hydrogen-bond donors (Lipinski definition) is 1. The van der Waals surface area contributed by atoms with Crippen molar-refractivity contribution in [2.75, 3.05) is 39.0 Å². The van der Waals surface area contributed by atoms with E-state index in [2.05, 4.69) is 15.3 Å². The van der Waals surface area contributed by atoms with Crippen molar-refractivity contribution < 1.29 is 9.59 Å². The molecule has 8 heteroatoms.